The van der Waals surface area contributed by atoms with Crippen molar-refractivity contribution in [2.24, 2.45) is 0 Å². The highest BCUT2D eigenvalue weighted by molar-refractivity contribution is 7.96. The summed E-state index contributed by atoms with van der Waals surface area (Å²) >= 11 is 0. The lowest BCUT2D eigenvalue weighted by Crippen LogP contribution is -2.49. The van der Waals surface area contributed by atoms with Gasteiger partial charge < -0.3 is 9.80 Å². The second kappa shape index (κ2) is 7.99. The molecule has 1 atom stereocenters. The van der Waals surface area contributed by atoms with Crippen molar-refractivity contribution in [2.45, 2.75) is 16.6 Å². The van der Waals surface area contributed by atoms with Crippen molar-refractivity contribution in [2.75, 3.05) is 42.6 Å². The molecule has 0 radical (unpaired) electrons. The van der Waals surface area contributed by atoms with Gasteiger partial charge in [-0.15, -0.1) is 0 Å². The van der Waals surface area contributed by atoms with Crippen LogP contribution in [0.5, 0.6) is 0 Å². The van der Waals surface area contributed by atoms with E-state index < -0.39 is 24.9 Å². The molecule has 2 aliphatic rings. The Morgan fingerprint density at radius 2 is 1.80 bits per heavy atom. The first-order chi connectivity index (χ1) is 14.3. The number of hydrogen-bond donors (Lipinski definition) is 0. The molecule has 4 rings (SSSR count). The van der Waals surface area contributed by atoms with Crippen LogP contribution in [0.4, 0.5) is 5.82 Å². The molecule has 1 unspecified atom stereocenters. The van der Waals surface area contributed by atoms with Gasteiger partial charge in [-0.3, -0.25) is 4.79 Å². The van der Waals surface area contributed by atoms with E-state index in [9.17, 15) is 21.6 Å². The normalized spacial score (nSPS) is 21.5. The number of sulfone groups is 2. The van der Waals surface area contributed by atoms with Gasteiger partial charge in [0.15, 0.2) is 19.7 Å². The number of nitrogens with zero attached hydrogens (tertiary/aromatic N) is 3. The van der Waals surface area contributed by atoms with E-state index >= 15 is 0 Å². The van der Waals surface area contributed by atoms with E-state index in [1.165, 1.54) is 18.2 Å². The maximum absolute atomic E-state index is 12.9. The fraction of sp³-hybridized carbons (Fsp3) is 0.400. The minimum atomic E-state index is -3.81. The number of piperazine rings is 1. The number of hydrogen-bond acceptors (Lipinski definition) is 7. The lowest BCUT2D eigenvalue weighted by Gasteiger charge is -2.35. The fourth-order valence-electron chi connectivity index (χ4n) is 3.87. The van der Waals surface area contributed by atoms with E-state index in [2.05, 4.69) is 9.88 Å². The molecule has 2 aliphatic heterocycles. The zero-order chi connectivity index (χ0) is 21.4. The van der Waals surface area contributed by atoms with Crippen LogP contribution in [-0.4, -0.2) is 75.6 Å². The maximum atomic E-state index is 12.9. The summed E-state index contributed by atoms with van der Waals surface area (Å²) in [5.74, 6) is 0.162. The van der Waals surface area contributed by atoms with Gasteiger partial charge in [0.25, 0.3) is 5.91 Å². The van der Waals surface area contributed by atoms with Gasteiger partial charge in [0.2, 0.25) is 0 Å². The summed E-state index contributed by atoms with van der Waals surface area (Å²) in [5.41, 5.74) is 0.295. The van der Waals surface area contributed by atoms with Crippen LogP contribution in [0.1, 0.15) is 16.8 Å². The van der Waals surface area contributed by atoms with E-state index in [4.69, 9.17) is 0 Å². The maximum Gasteiger partial charge on any atom is 0.254 e. The summed E-state index contributed by atoms with van der Waals surface area (Å²) in [4.78, 5) is 21.1. The molecule has 2 fully saturated rings. The standard InChI is InChI=1S/C20H23N3O5S2/c24-20(23-11-9-22(10-12-23)19-6-1-2-8-21-19)16-4-3-5-17(14-16)30(27,28)18-7-13-29(25,26)15-18/h1-6,8,14,18H,7,9-13,15H2. The van der Waals surface area contributed by atoms with Crippen molar-refractivity contribution < 1.29 is 21.6 Å². The molecule has 8 nitrogen and oxygen atoms in total. The van der Waals surface area contributed by atoms with Crippen molar-refractivity contribution in [3.05, 3.63) is 54.2 Å². The molecule has 0 N–H and O–H groups in total. The Morgan fingerprint density at radius 3 is 2.43 bits per heavy atom. The van der Waals surface area contributed by atoms with E-state index in [0.29, 0.717) is 31.7 Å². The van der Waals surface area contributed by atoms with Crippen LogP contribution in [0.25, 0.3) is 0 Å². The molecule has 0 bridgehead atoms. The molecule has 0 aliphatic carbocycles. The van der Waals surface area contributed by atoms with Crippen LogP contribution in [0.15, 0.2) is 53.6 Å². The molecule has 0 spiro atoms. The first-order valence-corrected chi connectivity index (χ1v) is 13.1. The monoisotopic (exact) mass is 449 g/mol. The van der Waals surface area contributed by atoms with Crippen molar-refractivity contribution in [1.82, 2.24) is 9.88 Å². The minimum Gasteiger partial charge on any atom is -0.353 e. The molecule has 30 heavy (non-hydrogen) atoms. The molecule has 160 valence electrons. The highest BCUT2D eigenvalue weighted by Gasteiger charge is 2.38. The van der Waals surface area contributed by atoms with Gasteiger partial charge in [0.05, 0.1) is 21.7 Å². The number of aromatic nitrogens is 1. The number of benzene rings is 1. The van der Waals surface area contributed by atoms with E-state index in [-0.39, 0.29) is 28.7 Å². The fourth-order valence-corrected chi connectivity index (χ4v) is 8.27. The van der Waals surface area contributed by atoms with E-state index in [1.807, 2.05) is 18.2 Å². The van der Waals surface area contributed by atoms with Gasteiger partial charge >= 0.3 is 0 Å². The average molecular weight is 450 g/mol. The first kappa shape index (κ1) is 20.8. The largest absolute Gasteiger partial charge is 0.353 e. The molecule has 10 heteroatoms. The van der Waals surface area contributed by atoms with Crippen LogP contribution >= 0.6 is 0 Å². The van der Waals surface area contributed by atoms with Gasteiger partial charge in [-0.25, -0.2) is 21.8 Å². The topological polar surface area (TPSA) is 105 Å². The molecule has 1 aromatic heterocycles. The third kappa shape index (κ3) is 4.20. The van der Waals surface area contributed by atoms with Crippen LogP contribution in [0.3, 0.4) is 0 Å². The summed E-state index contributed by atoms with van der Waals surface area (Å²) in [6.45, 7) is 2.29. The SMILES string of the molecule is O=C(c1cccc(S(=O)(=O)C2CCS(=O)(=O)C2)c1)N1CCN(c2ccccn2)CC1. The average Bonchev–Trinajstić information content (AvgIpc) is 3.14. The summed E-state index contributed by atoms with van der Waals surface area (Å²) in [6.07, 6.45) is 1.83. The summed E-state index contributed by atoms with van der Waals surface area (Å²) in [6, 6.07) is 11.6. The summed E-state index contributed by atoms with van der Waals surface area (Å²) in [7, 11) is -7.13. The molecule has 2 saturated heterocycles. The minimum absolute atomic E-state index is 0.00238. The lowest BCUT2D eigenvalue weighted by molar-refractivity contribution is 0.0746. The van der Waals surface area contributed by atoms with Crippen LogP contribution in [0.2, 0.25) is 0 Å². The van der Waals surface area contributed by atoms with Crippen LogP contribution < -0.4 is 4.90 Å². The highest BCUT2D eigenvalue weighted by atomic mass is 32.2. The Bertz CT molecular complexity index is 1140. The predicted molar refractivity (Wildman–Crippen MR) is 113 cm³/mol. The van der Waals surface area contributed by atoms with Crippen molar-refractivity contribution >= 4 is 31.4 Å². The highest BCUT2D eigenvalue weighted by Crippen LogP contribution is 2.26. The zero-order valence-electron chi connectivity index (χ0n) is 16.3. The smallest absolute Gasteiger partial charge is 0.254 e. The number of carbonyl (C=O) groups excluding carboxylic acids is 1. The molecular weight excluding hydrogens is 426 g/mol. The van der Waals surface area contributed by atoms with Gasteiger partial charge in [0, 0.05) is 37.9 Å². The molecule has 2 aromatic rings. The number of pyridine rings is 1. The summed E-state index contributed by atoms with van der Waals surface area (Å²) in [5, 5.41) is -0.949. The van der Waals surface area contributed by atoms with Gasteiger partial charge in [-0.1, -0.05) is 12.1 Å². The molecular formula is C20H23N3O5S2. The Kier molecular flexibility index (Phi) is 5.54. The zero-order valence-corrected chi connectivity index (χ0v) is 18.0. The Labute approximate surface area is 176 Å². The summed E-state index contributed by atoms with van der Waals surface area (Å²) < 4.78 is 49.1. The molecule has 3 heterocycles. The van der Waals surface area contributed by atoms with Crippen molar-refractivity contribution in [3.8, 4) is 0 Å². The van der Waals surface area contributed by atoms with Gasteiger partial charge in [0.1, 0.15) is 5.82 Å². The molecule has 1 aromatic carbocycles. The second-order valence-electron chi connectivity index (χ2n) is 7.57. The predicted octanol–water partition coefficient (Wildman–Crippen LogP) is 1.00. The third-order valence-electron chi connectivity index (χ3n) is 5.58. The number of rotatable bonds is 4. The third-order valence-corrected chi connectivity index (χ3v) is 9.75. The number of carbonyl (C=O) groups is 1. The quantitative estimate of drug-likeness (QED) is 0.686. The Balaban J connectivity index is 1.47. The van der Waals surface area contributed by atoms with Crippen molar-refractivity contribution in [3.63, 3.8) is 0 Å². The molecule has 1 amide bonds. The lowest BCUT2D eigenvalue weighted by atomic mass is 10.2. The van der Waals surface area contributed by atoms with Crippen molar-refractivity contribution in [1.29, 1.82) is 0 Å². The van der Waals surface area contributed by atoms with Crippen LogP contribution in [0, 0.1) is 0 Å². The number of amides is 1. The molecule has 0 saturated carbocycles. The van der Waals surface area contributed by atoms with E-state index in [1.54, 1.807) is 17.2 Å². The Morgan fingerprint density at radius 1 is 1.03 bits per heavy atom. The Hall–Kier alpha value is -2.46. The second-order valence-corrected chi connectivity index (χ2v) is 12.0. The van der Waals surface area contributed by atoms with Gasteiger partial charge in [-0.2, -0.15) is 0 Å². The first-order valence-electron chi connectivity index (χ1n) is 9.76. The number of anilines is 1. The van der Waals surface area contributed by atoms with Gasteiger partial charge in [-0.05, 0) is 36.8 Å². The van der Waals surface area contributed by atoms with E-state index in [0.717, 1.165) is 5.82 Å². The van der Waals surface area contributed by atoms with Crippen LogP contribution in [-0.2, 0) is 19.7 Å².